The fraction of sp³-hybridized carbons (Fsp3) is 0.227. The summed E-state index contributed by atoms with van der Waals surface area (Å²) in [7, 11) is -3.79. The standard InChI is InChI=1S/C22H24ClN3O3S/c1-14(2)13-25-22(27)20-12-21(16-4-6-17(23)7-5-16)26(15(20)3)18-8-10-19(11-9-18)30(24,28)29/h4-12,14H,13H2,1-3H3,(H,25,27)(H2,24,28,29). The number of benzene rings is 2. The van der Waals surface area contributed by atoms with Crippen LogP contribution >= 0.6 is 11.6 Å². The summed E-state index contributed by atoms with van der Waals surface area (Å²) < 4.78 is 25.1. The first kappa shape index (κ1) is 22.1. The Kier molecular flexibility index (Phi) is 6.36. The second kappa shape index (κ2) is 8.63. The van der Waals surface area contributed by atoms with Crippen molar-refractivity contribution in [3.63, 3.8) is 0 Å². The van der Waals surface area contributed by atoms with Crippen LogP contribution in [-0.4, -0.2) is 25.4 Å². The van der Waals surface area contributed by atoms with E-state index in [-0.39, 0.29) is 10.8 Å². The van der Waals surface area contributed by atoms with Crippen LogP contribution in [0.2, 0.25) is 5.02 Å². The van der Waals surface area contributed by atoms with Crippen LogP contribution < -0.4 is 10.5 Å². The molecule has 3 aromatic rings. The maximum atomic E-state index is 12.8. The van der Waals surface area contributed by atoms with E-state index in [1.165, 1.54) is 12.1 Å². The number of carbonyl (C=O) groups is 1. The Morgan fingerprint density at radius 3 is 2.23 bits per heavy atom. The number of hydrogen-bond donors (Lipinski definition) is 2. The Morgan fingerprint density at radius 1 is 1.10 bits per heavy atom. The first-order valence-electron chi connectivity index (χ1n) is 9.47. The average molecular weight is 446 g/mol. The lowest BCUT2D eigenvalue weighted by atomic mass is 10.1. The molecule has 0 atom stereocenters. The highest BCUT2D eigenvalue weighted by molar-refractivity contribution is 7.89. The van der Waals surface area contributed by atoms with Gasteiger partial charge in [0.15, 0.2) is 0 Å². The molecule has 0 aliphatic heterocycles. The minimum atomic E-state index is -3.79. The van der Waals surface area contributed by atoms with Gasteiger partial charge in [0.25, 0.3) is 5.91 Å². The minimum Gasteiger partial charge on any atom is -0.352 e. The molecule has 1 heterocycles. The lowest BCUT2D eigenvalue weighted by Gasteiger charge is -2.13. The van der Waals surface area contributed by atoms with E-state index in [0.717, 1.165) is 17.0 Å². The zero-order valence-electron chi connectivity index (χ0n) is 17.0. The number of carbonyl (C=O) groups excluding carboxylic acids is 1. The predicted molar refractivity (Wildman–Crippen MR) is 119 cm³/mol. The van der Waals surface area contributed by atoms with E-state index in [0.29, 0.717) is 28.7 Å². The summed E-state index contributed by atoms with van der Waals surface area (Å²) in [6.45, 7) is 6.50. The number of hydrogen-bond acceptors (Lipinski definition) is 3. The molecule has 158 valence electrons. The third-order valence-electron chi connectivity index (χ3n) is 4.73. The average Bonchev–Trinajstić information content (AvgIpc) is 3.03. The summed E-state index contributed by atoms with van der Waals surface area (Å²) in [5.41, 5.74) is 3.68. The van der Waals surface area contributed by atoms with E-state index in [1.807, 2.05) is 43.5 Å². The lowest BCUT2D eigenvalue weighted by molar-refractivity contribution is 0.0948. The van der Waals surface area contributed by atoms with E-state index in [9.17, 15) is 13.2 Å². The van der Waals surface area contributed by atoms with Crippen molar-refractivity contribution in [3.05, 3.63) is 70.9 Å². The highest BCUT2D eigenvalue weighted by atomic mass is 35.5. The predicted octanol–water partition coefficient (Wildman–Crippen LogP) is 4.14. The fourth-order valence-corrected chi connectivity index (χ4v) is 3.82. The molecule has 0 fully saturated rings. The smallest absolute Gasteiger partial charge is 0.253 e. The van der Waals surface area contributed by atoms with Crippen LogP contribution in [0.3, 0.4) is 0 Å². The number of sulfonamides is 1. The van der Waals surface area contributed by atoms with Gasteiger partial charge in [-0.15, -0.1) is 0 Å². The molecule has 0 spiro atoms. The first-order chi connectivity index (χ1) is 14.1. The number of nitrogens with two attached hydrogens (primary N) is 1. The van der Waals surface area contributed by atoms with Crippen molar-refractivity contribution in [1.29, 1.82) is 0 Å². The molecule has 3 N–H and O–H groups in total. The van der Waals surface area contributed by atoms with Crippen molar-refractivity contribution >= 4 is 27.5 Å². The molecule has 0 saturated carbocycles. The lowest BCUT2D eigenvalue weighted by Crippen LogP contribution is -2.27. The molecular formula is C22H24ClN3O3S. The fourth-order valence-electron chi connectivity index (χ4n) is 3.18. The third kappa shape index (κ3) is 4.75. The zero-order chi connectivity index (χ0) is 22.1. The SMILES string of the molecule is Cc1c(C(=O)NCC(C)C)cc(-c2ccc(Cl)cc2)n1-c1ccc(S(N)(=O)=O)cc1. The van der Waals surface area contributed by atoms with Crippen LogP contribution in [-0.2, 0) is 10.0 Å². The van der Waals surface area contributed by atoms with Crippen molar-refractivity contribution < 1.29 is 13.2 Å². The number of aromatic nitrogens is 1. The van der Waals surface area contributed by atoms with Crippen LogP contribution in [0.25, 0.3) is 16.9 Å². The van der Waals surface area contributed by atoms with E-state index in [1.54, 1.807) is 24.3 Å². The van der Waals surface area contributed by atoms with E-state index < -0.39 is 10.0 Å². The Labute approximate surface area is 181 Å². The zero-order valence-corrected chi connectivity index (χ0v) is 18.6. The van der Waals surface area contributed by atoms with E-state index in [2.05, 4.69) is 5.32 Å². The van der Waals surface area contributed by atoms with Crippen LogP contribution in [0, 0.1) is 12.8 Å². The van der Waals surface area contributed by atoms with Gasteiger partial charge in [0.2, 0.25) is 10.0 Å². The van der Waals surface area contributed by atoms with E-state index in [4.69, 9.17) is 16.7 Å². The van der Waals surface area contributed by atoms with Crippen molar-refractivity contribution in [2.75, 3.05) is 6.54 Å². The maximum Gasteiger partial charge on any atom is 0.253 e. The Hall–Kier alpha value is -2.61. The largest absolute Gasteiger partial charge is 0.352 e. The first-order valence-corrected chi connectivity index (χ1v) is 11.4. The summed E-state index contributed by atoms with van der Waals surface area (Å²) in [6.07, 6.45) is 0. The molecular weight excluding hydrogens is 422 g/mol. The molecule has 0 aliphatic carbocycles. The Balaban J connectivity index is 2.14. The molecule has 0 bridgehead atoms. The van der Waals surface area contributed by atoms with Crippen LogP contribution in [0.1, 0.15) is 29.9 Å². The molecule has 8 heteroatoms. The Bertz CT molecular complexity index is 1170. The van der Waals surface area contributed by atoms with Crippen molar-refractivity contribution in [2.45, 2.75) is 25.7 Å². The summed E-state index contributed by atoms with van der Waals surface area (Å²) >= 11 is 6.03. The van der Waals surface area contributed by atoms with Gasteiger partial charge in [-0.05, 0) is 60.9 Å². The van der Waals surface area contributed by atoms with Crippen molar-refractivity contribution in [1.82, 2.24) is 9.88 Å². The number of rotatable bonds is 6. The van der Waals surface area contributed by atoms with E-state index >= 15 is 0 Å². The molecule has 3 rings (SSSR count). The summed E-state index contributed by atoms with van der Waals surface area (Å²) in [5, 5.41) is 8.78. The highest BCUT2D eigenvalue weighted by Crippen LogP contribution is 2.30. The maximum absolute atomic E-state index is 12.8. The van der Waals surface area contributed by atoms with Crippen LogP contribution in [0.5, 0.6) is 0 Å². The summed E-state index contributed by atoms with van der Waals surface area (Å²) in [5.74, 6) is 0.175. The van der Waals surface area contributed by atoms with Gasteiger partial charge in [0.05, 0.1) is 16.2 Å². The van der Waals surface area contributed by atoms with Gasteiger partial charge in [-0.2, -0.15) is 0 Å². The second-order valence-corrected chi connectivity index (χ2v) is 9.51. The number of nitrogens with one attached hydrogen (secondary N) is 1. The quantitative estimate of drug-likeness (QED) is 0.597. The van der Waals surface area contributed by atoms with Crippen LogP contribution in [0.4, 0.5) is 0 Å². The number of halogens is 1. The van der Waals surface area contributed by atoms with Gasteiger partial charge in [-0.3, -0.25) is 4.79 Å². The molecule has 0 unspecified atom stereocenters. The second-order valence-electron chi connectivity index (χ2n) is 7.51. The van der Waals surface area contributed by atoms with Gasteiger partial charge < -0.3 is 9.88 Å². The van der Waals surface area contributed by atoms with Gasteiger partial charge in [-0.1, -0.05) is 37.6 Å². The third-order valence-corrected chi connectivity index (χ3v) is 5.91. The minimum absolute atomic E-state index is 0.0269. The Morgan fingerprint density at radius 2 is 1.70 bits per heavy atom. The van der Waals surface area contributed by atoms with Gasteiger partial charge >= 0.3 is 0 Å². The molecule has 0 aliphatic rings. The van der Waals surface area contributed by atoms with Crippen molar-refractivity contribution in [3.8, 4) is 16.9 Å². The normalized spacial score (nSPS) is 11.7. The van der Waals surface area contributed by atoms with Gasteiger partial charge in [0, 0.05) is 22.9 Å². The van der Waals surface area contributed by atoms with Gasteiger partial charge in [0.1, 0.15) is 0 Å². The molecule has 1 amide bonds. The monoisotopic (exact) mass is 445 g/mol. The molecule has 2 aromatic carbocycles. The molecule has 1 aromatic heterocycles. The summed E-state index contributed by atoms with van der Waals surface area (Å²) in [6, 6.07) is 15.4. The highest BCUT2D eigenvalue weighted by Gasteiger charge is 2.20. The van der Waals surface area contributed by atoms with Crippen LogP contribution in [0.15, 0.2) is 59.5 Å². The molecule has 0 saturated heterocycles. The molecule has 6 nitrogen and oxygen atoms in total. The number of nitrogens with zero attached hydrogens (tertiary/aromatic N) is 1. The summed E-state index contributed by atoms with van der Waals surface area (Å²) in [4.78, 5) is 12.8. The number of primary sulfonamides is 1. The molecule has 0 radical (unpaired) electrons. The number of amides is 1. The van der Waals surface area contributed by atoms with Crippen molar-refractivity contribution in [2.24, 2.45) is 11.1 Å². The van der Waals surface area contributed by atoms with Gasteiger partial charge in [-0.25, -0.2) is 13.6 Å². The topological polar surface area (TPSA) is 94.2 Å². The molecule has 30 heavy (non-hydrogen) atoms.